The maximum atomic E-state index is 13.4. The number of rotatable bonds is 8. The largest absolute Gasteiger partial charge is 0.377 e. The van der Waals surface area contributed by atoms with Gasteiger partial charge in [-0.2, -0.15) is 8.42 Å². The topological polar surface area (TPSA) is 62.7 Å². The smallest absolute Gasteiger partial charge is 0.339 e. The van der Waals surface area contributed by atoms with E-state index in [2.05, 4.69) is 23.7 Å². The second-order valence-corrected chi connectivity index (χ2v) is 9.66. The predicted molar refractivity (Wildman–Crippen MR) is 134 cm³/mol. The van der Waals surface area contributed by atoms with Crippen molar-refractivity contribution in [3.63, 3.8) is 0 Å². The average molecular weight is 464 g/mol. The fourth-order valence-electron chi connectivity index (χ4n) is 4.13. The Balaban J connectivity index is 1.78. The van der Waals surface area contributed by atoms with Crippen LogP contribution in [0.5, 0.6) is 5.75 Å². The highest BCUT2D eigenvalue weighted by Gasteiger charge is 2.23. The van der Waals surface area contributed by atoms with E-state index in [0.29, 0.717) is 10.9 Å². The molecule has 0 radical (unpaired) electrons. The number of pyridine rings is 1. The summed E-state index contributed by atoms with van der Waals surface area (Å²) >= 11 is 0. The van der Waals surface area contributed by atoms with E-state index in [9.17, 15) is 8.42 Å². The van der Waals surface area contributed by atoms with E-state index in [1.165, 1.54) is 0 Å². The first-order chi connectivity index (χ1) is 15.9. The van der Waals surface area contributed by atoms with Crippen molar-refractivity contribution in [2.45, 2.75) is 25.3 Å². The van der Waals surface area contributed by atoms with Crippen molar-refractivity contribution in [2.24, 2.45) is 0 Å². The molecule has 0 bridgehead atoms. The van der Waals surface area contributed by atoms with Crippen molar-refractivity contribution in [1.82, 2.24) is 9.88 Å². The predicted octanol–water partition coefficient (Wildman–Crippen LogP) is 5.06. The molecule has 7 heteroatoms. The Bertz CT molecular complexity index is 1400. The maximum absolute atomic E-state index is 13.4. The highest BCUT2D eigenvalue weighted by Crippen LogP contribution is 2.34. The third-order valence-electron chi connectivity index (χ3n) is 5.92. The molecule has 172 valence electrons. The van der Waals surface area contributed by atoms with E-state index < -0.39 is 10.1 Å². The molecule has 0 atom stereocenters. The molecule has 3 aromatic carbocycles. The van der Waals surface area contributed by atoms with Crippen LogP contribution < -0.4 is 9.08 Å². The average Bonchev–Trinajstić information content (AvgIpc) is 2.82. The van der Waals surface area contributed by atoms with Gasteiger partial charge >= 0.3 is 10.1 Å². The van der Waals surface area contributed by atoms with E-state index in [1.807, 2.05) is 61.5 Å². The van der Waals surface area contributed by atoms with Crippen molar-refractivity contribution in [3.05, 3.63) is 72.4 Å². The number of fused-ring (bicyclic) bond motifs is 2. The van der Waals surface area contributed by atoms with Crippen LogP contribution in [-0.4, -0.2) is 45.5 Å². The zero-order chi connectivity index (χ0) is 23.6. The van der Waals surface area contributed by atoms with E-state index in [1.54, 1.807) is 24.4 Å². The van der Waals surface area contributed by atoms with E-state index in [0.717, 1.165) is 41.7 Å². The van der Waals surface area contributed by atoms with Gasteiger partial charge in [0.2, 0.25) is 0 Å². The van der Waals surface area contributed by atoms with Gasteiger partial charge in [-0.3, -0.25) is 9.88 Å². The van der Waals surface area contributed by atoms with E-state index in [4.69, 9.17) is 4.18 Å². The van der Waals surface area contributed by atoms with Gasteiger partial charge in [-0.1, -0.05) is 50.2 Å². The van der Waals surface area contributed by atoms with Crippen molar-refractivity contribution >= 4 is 37.5 Å². The lowest BCUT2D eigenvalue weighted by Crippen LogP contribution is -2.22. The number of benzene rings is 3. The summed E-state index contributed by atoms with van der Waals surface area (Å²) in [5, 5.41) is 2.37. The Morgan fingerprint density at radius 1 is 0.848 bits per heavy atom. The Morgan fingerprint density at radius 3 is 2.27 bits per heavy atom. The Labute approximate surface area is 195 Å². The summed E-state index contributed by atoms with van der Waals surface area (Å²) in [6.45, 7) is 6.88. The summed E-state index contributed by atoms with van der Waals surface area (Å²) in [6.07, 6.45) is 1.66. The van der Waals surface area contributed by atoms with Gasteiger partial charge in [0.25, 0.3) is 0 Å². The van der Waals surface area contributed by atoms with Gasteiger partial charge in [-0.05, 0) is 42.9 Å². The number of hydrogen-bond donors (Lipinski definition) is 0. The lowest BCUT2D eigenvalue weighted by Gasteiger charge is -2.20. The summed E-state index contributed by atoms with van der Waals surface area (Å²) in [5.74, 6) is 0.231. The fourth-order valence-corrected chi connectivity index (χ4v) is 5.29. The van der Waals surface area contributed by atoms with Crippen LogP contribution in [-0.2, 0) is 16.7 Å². The molecule has 0 amide bonds. The zero-order valence-corrected chi connectivity index (χ0v) is 20.3. The highest BCUT2D eigenvalue weighted by atomic mass is 32.2. The molecular formula is C26H29N3O3S. The van der Waals surface area contributed by atoms with E-state index in [-0.39, 0.29) is 10.6 Å². The molecule has 4 aromatic rings. The number of hydrogen-bond acceptors (Lipinski definition) is 6. The Hall–Kier alpha value is -3.16. The molecule has 4 rings (SSSR count). The van der Waals surface area contributed by atoms with Gasteiger partial charge in [-0.25, -0.2) is 0 Å². The van der Waals surface area contributed by atoms with Crippen molar-refractivity contribution in [1.29, 1.82) is 0 Å². The fraction of sp³-hybridized carbons (Fsp3) is 0.269. The molecule has 0 N–H and O–H groups in total. The van der Waals surface area contributed by atoms with Crippen LogP contribution in [0.2, 0.25) is 0 Å². The van der Waals surface area contributed by atoms with Crippen LogP contribution >= 0.6 is 0 Å². The van der Waals surface area contributed by atoms with Crippen LogP contribution in [0, 0.1) is 0 Å². The molecule has 0 aliphatic carbocycles. The van der Waals surface area contributed by atoms with Gasteiger partial charge in [0.15, 0.2) is 5.75 Å². The molecular weight excluding hydrogens is 434 g/mol. The number of nitrogens with zero attached hydrogens (tertiary/aromatic N) is 3. The standard InChI is InChI=1S/C26H29N3O3S/c1-5-29(6-2)18-19-15-16-24(26-20(19)12-9-17-27-26)32-33(30,31)25-14-8-10-21-22(25)11-7-13-23(21)28(3)4/h7-17H,5-6,18H2,1-4H3. The summed E-state index contributed by atoms with van der Waals surface area (Å²) in [6, 6.07) is 18.3. The third kappa shape index (κ3) is 4.51. The van der Waals surface area contributed by atoms with Gasteiger partial charge < -0.3 is 9.08 Å². The number of aromatic nitrogens is 1. The molecule has 0 saturated carbocycles. The van der Waals surface area contributed by atoms with Gasteiger partial charge in [0.1, 0.15) is 10.4 Å². The Morgan fingerprint density at radius 2 is 1.55 bits per heavy atom. The summed E-state index contributed by atoms with van der Waals surface area (Å²) in [4.78, 5) is 8.87. The normalized spacial score (nSPS) is 11.9. The second kappa shape index (κ2) is 9.37. The van der Waals surface area contributed by atoms with Crippen LogP contribution in [0.4, 0.5) is 5.69 Å². The molecule has 0 aliphatic rings. The van der Waals surface area contributed by atoms with Crippen molar-refractivity contribution in [2.75, 3.05) is 32.1 Å². The minimum Gasteiger partial charge on any atom is -0.377 e. The summed E-state index contributed by atoms with van der Waals surface area (Å²) in [7, 11) is -0.219. The lowest BCUT2D eigenvalue weighted by atomic mass is 10.1. The molecule has 6 nitrogen and oxygen atoms in total. The number of anilines is 1. The minimum absolute atomic E-state index is 0.139. The lowest BCUT2D eigenvalue weighted by molar-refractivity contribution is 0.297. The maximum Gasteiger partial charge on any atom is 0.339 e. The van der Waals surface area contributed by atoms with Crippen LogP contribution in [0.3, 0.4) is 0 Å². The zero-order valence-electron chi connectivity index (χ0n) is 19.4. The SMILES string of the molecule is CCN(CC)Cc1ccc(OS(=O)(=O)c2cccc3c(N(C)C)cccc23)c2ncccc12. The van der Waals surface area contributed by atoms with Gasteiger partial charge in [-0.15, -0.1) is 0 Å². The second-order valence-electron chi connectivity index (χ2n) is 8.14. The first kappa shape index (κ1) is 23.0. The molecule has 0 aliphatic heterocycles. The molecule has 0 unspecified atom stereocenters. The summed E-state index contributed by atoms with van der Waals surface area (Å²) < 4.78 is 32.6. The minimum atomic E-state index is -4.09. The van der Waals surface area contributed by atoms with Gasteiger partial charge in [0.05, 0.1) is 0 Å². The molecule has 1 heterocycles. The van der Waals surface area contributed by atoms with Crippen molar-refractivity contribution in [3.8, 4) is 5.75 Å². The van der Waals surface area contributed by atoms with Crippen LogP contribution in [0.15, 0.2) is 71.8 Å². The monoisotopic (exact) mass is 463 g/mol. The summed E-state index contributed by atoms with van der Waals surface area (Å²) in [5.41, 5.74) is 2.57. The third-order valence-corrected chi connectivity index (χ3v) is 7.21. The molecule has 1 aromatic heterocycles. The molecule has 33 heavy (non-hydrogen) atoms. The highest BCUT2D eigenvalue weighted by molar-refractivity contribution is 7.87. The Kier molecular flexibility index (Phi) is 6.54. The quantitative estimate of drug-likeness (QED) is 0.340. The van der Waals surface area contributed by atoms with Crippen LogP contribution in [0.1, 0.15) is 19.4 Å². The molecule has 0 fully saturated rings. The first-order valence-electron chi connectivity index (χ1n) is 11.1. The van der Waals surface area contributed by atoms with Crippen molar-refractivity contribution < 1.29 is 12.6 Å². The van der Waals surface area contributed by atoms with E-state index >= 15 is 0 Å². The van der Waals surface area contributed by atoms with Crippen LogP contribution in [0.25, 0.3) is 21.7 Å². The molecule has 0 spiro atoms. The van der Waals surface area contributed by atoms with Gasteiger partial charge in [0, 0.05) is 48.7 Å². The molecule has 0 saturated heterocycles. The first-order valence-corrected chi connectivity index (χ1v) is 12.5.